The van der Waals surface area contributed by atoms with Crippen LogP contribution in [0.15, 0.2) is 12.1 Å². The second-order valence-corrected chi connectivity index (χ2v) is 5.34. The molecule has 3 N–H and O–H groups in total. The molecule has 3 rings (SSSR count). The first-order chi connectivity index (χ1) is 7.72. The summed E-state index contributed by atoms with van der Waals surface area (Å²) in [5.41, 5.74) is 6.43. The lowest BCUT2D eigenvalue weighted by atomic mass is 10.1. The fraction of sp³-hybridized carbons (Fsp3) is 0.583. The van der Waals surface area contributed by atoms with Gasteiger partial charge >= 0.3 is 0 Å². The Labute approximate surface area is 100 Å². The molecular weight excluding hydrogens is 222 g/mol. The van der Waals surface area contributed by atoms with E-state index in [2.05, 4.69) is 10.3 Å². The molecule has 0 bridgehead atoms. The number of halogens is 1. The van der Waals surface area contributed by atoms with Crippen molar-refractivity contribution in [1.29, 1.82) is 0 Å². The average molecular weight is 238 g/mol. The van der Waals surface area contributed by atoms with Gasteiger partial charge in [-0.2, -0.15) is 0 Å². The van der Waals surface area contributed by atoms with Gasteiger partial charge in [0.05, 0.1) is 0 Å². The van der Waals surface area contributed by atoms with Crippen LogP contribution < -0.4 is 11.1 Å². The van der Waals surface area contributed by atoms with E-state index in [0.717, 1.165) is 17.7 Å². The summed E-state index contributed by atoms with van der Waals surface area (Å²) in [5, 5.41) is 3.97. The number of nitrogens with two attached hydrogens (primary N) is 1. The molecule has 0 radical (unpaired) electrons. The van der Waals surface area contributed by atoms with Gasteiger partial charge in [0.2, 0.25) is 0 Å². The third kappa shape index (κ3) is 2.24. The highest BCUT2D eigenvalue weighted by molar-refractivity contribution is 6.29. The van der Waals surface area contributed by atoms with Gasteiger partial charge in [0.25, 0.3) is 0 Å². The van der Waals surface area contributed by atoms with E-state index in [0.29, 0.717) is 16.9 Å². The van der Waals surface area contributed by atoms with E-state index >= 15 is 0 Å². The van der Waals surface area contributed by atoms with Crippen molar-refractivity contribution in [2.24, 2.45) is 11.8 Å². The second kappa shape index (κ2) is 3.81. The maximum absolute atomic E-state index is 5.89. The van der Waals surface area contributed by atoms with Gasteiger partial charge in [-0.3, -0.25) is 0 Å². The zero-order chi connectivity index (χ0) is 11.1. The highest BCUT2D eigenvalue weighted by Gasteiger charge is 2.41. The van der Waals surface area contributed by atoms with E-state index in [-0.39, 0.29) is 0 Å². The Balaban J connectivity index is 1.75. The molecule has 2 fully saturated rings. The van der Waals surface area contributed by atoms with Crippen molar-refractivity contribution in [3.63, 3.8) is 0 Å². The molecule has 0 unspecified atom stereocenters. The minimum Gasteiger partial charge on any atom is -0.399 e. The van der Waals surface area contributed by atoms with E-state index < -0.39 is 0 Å². The van der Waals surface area contributed by atoms with E-state index in [4.69, 9.17) is 17.3 Å². The predicted octanol–water partition coefficient (Wildman–Crippen LogP) is 2.92. The van der Waals surface area contributed by atoms with Crippen LogP contribution in [0.1, 0.15) is 25.7 Å². The normalized spacial score (nSPS) is 20.1. The highest BCUT2D eigenvalue weighted by atomic mass is 35.5. The van der Waals surface area contributed by atoms with Crippen LogP contribution in [0, 0.1) is 11.8 Å². The van der Waals surface area contributed by atoms with Crippen molar-refractivity contribution in [3.05, 3.63) is 17.3 Å². The Kier molecular flexibility index (Phi) is 2.43. The van der Waals surface area contributed by atoms with Crippen LogP contribution in [0.3, 0.4) is 0 Å². The smallest absolute Gasteiger partial charge is 0.133 e. The molecule has 3 nitrogen and oxygen atoms in total. The van der Waals surface area contributed by atoms with Gasteiger partial charge in [-0.05, 0) is 43.6 Å². The second-order valence-electron chi connectivity index (χ2n) is 4.95. The summed E-state index contributed by atoms with van der Waals surface area (Å²) in [6, 6.07) is 4.13. The highest BCUT2D eigenvalue weighted by Crippen LogP contribution is 2.45. The standard InChI is InChI=1S/C12H16ClN3/c13-10-5-9(14)6-11(15-10)16-12(7-1-2-7)8-3-4-8/h5-8,12H,1-4H2,(H3,14,15,16). The Morgan fingerprint density at radius 2 is 1.88 bits per heavy atom. The monoisotopic (exact) mass is 237 g/mol. The summed E-state index contributed by atoms with van der Waals surface area (Å²) >= 11 is 5.89. The molecule has 0 aliphatic heterocycles. The zero-order valence-corrected chi connectivity index (χ0v) is 9.87. The van der Waals surface area contributed by atoms with Gasteiger partial charge in [-0.15, -0.1) is 0 Å². The minimum absolute atomic E-state index is 0.466. The summed E-state index contributed by atoms with van der Waals surface area (Å²) in [6.07, 6.45) is 5.41. The number of nitrogen functional groups attached to an aromatic ring is 1. The first-order valence-corrected chi connectivity index (χ1v) is 6.30. The first-order valence-electron chi connectivity index (χ1n) is 5.92. The minimum atomic E-state index is 0.466. The number of rotatable bonds is 4. The van der Waals surface area contributed by atoms with Crippen molar-refractivity contribution in [2.45, 2.75) is 31.7 Å². The van der Waals surface area contributed by atoms with E-state index in [1.54, 1.807) is 6.07 Å². The molecule has 0 spiro atoms. The molecule has 86 valence electrons. The molecule has 1 aromatic rings. The van der Waals surface area contributed by atoms with Crippen molar-refractivity contribution < 1.29 is 0 Å². The predicted molar refractivity (Wildman–Crippen MR) is 66.5 cm³/mol. The van der Waals surface area contributed by atoms with Gasteiger partial charge in [-0.25, -0.2) is 4.98 Å². The number of nitrogens with one attached hydrogen (secondary N) is 1. The quantitative estimate of drug-likeness (QED) is 0.792. The van der Waals surface area contributed by atoms with Crippen molar-refractivity contribution in [2.75, 3.05) is 11.1 Å². The van der Waals surface area contributed by atoms with Crippen LogP contribution in [-0.2, 0) is 0 Å². The number of nitrogens with zero attached hydrogens (tertiary/aromatic N) is 1. The maximum atomic E-state index is 5.89. The molecule has 1 aromatic heterocycles. The van der Waals surface area contributed by atoms with Gasteiger partial charge in [0, 0.05) is 17.8 Å². The van der Waals surface area contributed by atoms with Crippen LogP contribution in [-0.4, -0.2) is 11.0 Å². The van der Waals surface area contributed by atoms with Crippen molar-refractivity contribution in [3.8, 4) is 0 Å². The zero-order valence-electron chi connectivity index (χ0n) is 9.12. The number of anilines is 2. The largest absolute Gasteiger partial charge is 0.399 e. The molecular formula is C12H16ClN3. The fourth-order valence-corrected chi connectivity index (χ4v) is 2.51. The van der Waals surface area contributed by atoms with Gasteiger partial charge in [-0.1, -0.05) is 11.6 Å². The average Bonchev–Trinajstić information content (AvgIpc) is 3.07. The molecule has 2 aliphatic carbocycles. The molecule has 0 saturated heterocycles. The molecule has 0 atom stereocenters. The first kappa shape index (κ1) is 10.2. The van der Waals surface area contributed by atoms with Crippen LogP contribution in [0.5, 0.6) is 0 Å². The van der Waals surface area contributed by atoms with E-state index in [1.807, 2.05) is 6.07 Å². The van der Waals surface area contributed by atoms with Crippen LogP contribution in [0.25, 0.3) is 0 Å². The third-order valence-corrected chi connectivity index (χ3v) is 3.58. The van der Waals surface area contributed by atoms with E-state index in [1.165, 1.54) is 25.7 Å². The molecule has 0 amide bonds. The molecule has 2 aliphatic rings. The van der Waals surface area contributed by atoms with Crippen molar-refractivity contribution >= 4 is 23.1 Å². The van der Waals surface area contributed by atoms with Crippen LogP contribution in [0.2, 0.25) is 5.15 Å². The maximum Gasteiger partial charge on any atom is 0.133 e. The Morgan fingerprint density at radius 3 is 2.38 bits per heavy atom. The molecule has 16 heavy (non-hydrogen) atoms. The molecule has 4 heteroatoms. The SMILES string of the molecule is Nc1cc(Cl)nc(NC(C2CC2)C2CC2)c1. The summed E-state index contributed by atoms with van der Waals surface area (Å²) in [7, 11) is 0. The summed E-state index contributed by atoms with van der Waals surface area (Å²) in [5.74, 6) is 2.51. The fourth-order valence-electron chi connectivity index (χ4n) is 2.29. The lowest BCUT2D eigenvalue weighted by molar-refractivity contribution is 0.566. The Bertz CT molecular complexity index is 367. The summed E-state index contributed by atoms with van der Waals surface area (Å²) < 4.78 is 0. The number of hydrogen-bond acceptors (Lipinski definition) is 3. The topological polar surface area (TPSA) is 50.9 Å². The number of aromatic nitrogens is 1. The van der Waals surface area contributed by atoms with Crippen molar-refractivity contribution in [1.82, 2.24) is 4.98 Å². The number of hydrogen-bond donors (Lipinski definition) is 2. The van der Waals surface area contributed by atoms with Crippen LogP contribution >= 0.6 is 11.6 Å². The molecule has 2 saturated carbocycles. The number of pyridine rings is 1. The summed E-state index contributed by atoms with van der Waals surface area (Å²) in [6.45, 7) is 0. The molecule has 0 aromatic carbocycles. The Hall–Kier alpha value is -0.960. The van der Waals surface area contributed by atoms with Gasteiger partial charge < -0.3 is 11.1 Å². The van der Waals surface area contributed by atoms with E-state index in [9.17, 15) is 0 Å². The molecule has 1 heterocycles. The lowest BCUT2D eigenvalue weighted by Gasteiger charge is -2.18. The van der Waals surface area contributed by atoms with Crippen LogP contribution in [0.4, 0.5) is 11.5 Å². The van der Waals surface area contributed by atoms with Gasteiger partial charge in [0.15, 0.2) is 0 Å². The third-order valence-electron chi connectivity index (χ3n) is 3.39. The lowest BCUT2D eigenvalue weighted by Crippen LogP contribution is -2.24. The summed E-state index contributed by atoms with van der Waals surface area (Å²) in [4.78, 5) is 4.27. The Morgan fingerprint density at radius 1 is 1.25 bits per heavy atom. The van der Waals surface area contributed by atoms with Gasteiger partial charge in [0.1, 0.15) is 11.0 Å².